The monoisotopic (exact) mass is 541 g/mol. The van der Waals surface area contributed by atoms with Gasteiger partial charge in [-0.1, -0.05) is 41.7 Å². The van der Waals surface area contributed by atoms with E-state index in [9.17, 15) is 23.4 Å². The van der Waals surface area contributed by atoms with Crippen molar-refractivity contribution in [1.82, 2.24) is 14.9 Å². The number of nitrogens with zero attached hydrogens (tertiary/aromatic N) is 3. The molecule has 6 nitrogen and oxygen atoms in total. The first kappa shape index (κ1) is 27.3. The van der Waals surface area contributed by atoms with Crippen molar-refractivity contribution >= 4 is 11.6 Å². The molecule has 2 aromatic heterocycles. The van der Waals surface area contributed by atoms with Gasteiger partial charge in [-0.25, -0.2) is 4.39 Å². The quantitative estimate of drug-likeness (QED) is 0.219. The van der Waals surface area contributed by atoms with Crippen molar-refractivity contribution in [3.8, 4) is 22.6 Å². The normalized spacial score (nSPS) is 16.1. The van der Waals surface area contributed by atoms with Gasteiger partial charge in [0, 0.05) is 0 Å². The van der Waals surface area contributed by atoms with Crippen LogP contribution in [0.5, 0.6) is 0 Å². The number of benzene rings is 1. The minimum Gasteiger partial charge on any atom is -0.389 e. The number of aromatic nitrogens is 3. The average molecular weight is 542 g/mol. The van der Waals surface area contributed by atoms with Crippen molar-refractivity contribution < 1.29 is 32.3 Å². The molecule has 37 heavy (non-hydrogen) atoms. The van der Waals surface area contributed by atoms with E-state index in [0.717, 1.165) is 25.1 Å². The van der Waals surface area contributed by atoms with Gasteiger partial charge in [0.05, 0.1) is 45.7 Å². The molecule has 1 aromatic carbocycles. The number of hydrogen-bond acceptors (Lipinski definition) is 5. The highest BCUT2D eigenvalue weighted by Crippen LogP contribution is 2.51. The maximum absolute atomic E-state index is 15.0. The Kier molecular flexibility index (Phi) is 7.31. The molecule has 1 saturated carbocycles. The van der Waals surface area contributed by atoms with Crippen molar-refractivity contribution in [3.63, 3.8) is 0 Å². The van der Waals surface area contributed by atoms with Crippen LogP contribution >= 0.6 is 11.6 Å². The summed E-state index contributed by atoms with van der Waals surface area (Å²) in [6, 6.07) is 3.95. The number of halogens is 5. The van der Waals surface area contributed by atoms with E-state index < -0.39 is 41.0 Å². The van der Waals surface area contributed by atoms with Crippen LogP contribution in [0.4, 0.5) is 17.6 Å². The Morgan fingerprint density at radius 1 is 1.24 bits per heavy atom. The Morgan fingerprint density at radius 3 is 2.51 bits per heavy atom. The SMILES string of the molecule is C=CCCC(O)(CC1CC1)c1c(-c2c(F)cccc2Cl)noc1-c1cnn(CC(C)(C)O)c1C(F)(F)F. The van der Waals surface area contributed by atoms with Gasteiger partial charge in [-0.05, 0) is 51.2 Å². The lowest BCUT2D eigenvalue weighted by Crippen LogP contribution is -2.30. The lowest BCUT2D eigenvalue weighted by atomic mass is 9.80. The van der Waals surface area contributed by atoms with Crippen molar-refractivity contribution in [3.05, 3.63) is 59.1 Å². The van der Waals surface area contributed by atoms with E-state index in [1.165, 1.54) is 26.0 Å². The summed E-state index contributed by atoms with van der Waals surface area (Å²) in [5.74, 6) is -1.00. The summed E-state index contributed by atoms with van der Waals surface area (Å²) in [4.78, 5) is 0. The van der Waals surface area contributed by atoms with E-state index in [1.807, 2.05) is 0 Å². The molecule has 1 atom stereocenters. The molecule has 1 aliphatic rings. The molecule has 4 rings (SSSR count). The molecule has 200 valence electrons. The summed E-state index contributed by atoms with van der Waals surface area (Å²) in [5, 5.41) is 30.0. The van der Waals surface area contributed by atoms with Gasteiger partial charge in [0.15, 0.2) is 11.5 Å². The van der Waals surface area contributed by atoms with Crippen LogP contribution in [0, 0.1) is 11.7 Å². The van der Waals surface area contributed by atoms with E-state index in [1.54, 1.807) is 6.08 Å². The zero-order valence-corrected chi connectivity index (χ0v) is 21.2. The predicted molar refractivity (Wildman–Crippen MR) is 130 cm³/mol. The third-order valence-electron chi connectivity index (χ3n) is 6.33. The number of alkyl halides is 3. The van der Waals surface area contributed by atoms with Crippen molar-refractivity contribution in [1.29, 1.82) is 0 Å². The molecule has 11 heteroatoms. The van der Waals surface area contributed by atoms with Gasteiger partial charge in [-0.3, -0.25) is 4.68 Å². The summed E-state index contributed by atoms with van der Waals surface area (Å²) >= 11 is 6.30. The molecule has 0 aliphatic heterocycles. The van der Waals surface area contributed by atoms with E-state index in [2.05, 4.69) is 16.8 Å². The topological polar surface area (TPSA) is 84.3 Å². The Morgan fingerprint density at radius 2 is 1.95 bits per heavy atom. The molecule has 3 aromatic rings. The fourth-order valence-electron chi connectivity index (χ4n) is 4.61. The Hall–Kier alpha value is -2.69. The smallest absolute Gasteiger partial charge is 0.389 e. The second kappa shape index (κ2) is 9.89. The van der Waals surface area contributed by atoms with Gasteiger partial charge < -0.3 is 14.7 Å². The van der Waals surface area contributed by atoms with Crippen LogP contribution in [0.25, 0.3) is 22.6 Å². The van der Waals surface area contributed by atoms with Crippen molar-refractivity contribution in [2.45, 2.75) is 69.9 Å². The largest absolute Gasteiger partial charge is 0.433 e. The minimum atomic E-state index is -4.90. The number of allylic oxidation sites excluding steroid dienone is 1. The summed E-state index contributed by atoms with van der Waals surface area (Å²) in [7, 11) is 0. The van der Waals surface area contributed by atoms with Crippen LogP contribution in [0.1, 0.15) is 57.2 Å². The predicted octanol–water partition coefficient (Wildman–Crippen LogP) is 6.74. The molecule has 1 fully saturated rings. The van der Waals surface area contributed by atoms with Crippen LogP contribution in [-0.2, 0) is 18.3 Å². The number of rotatable bonds is 10. The molecule has 0 bridgehead atoms. The Bertz CT molecular complexity index is 1270. The maximum Gasteiger partial charge on any atom is 0.433 e. The van der Waals surface area contributed by atoms with E-state index in [-0.39, 0.29) is 46.4 Å². The van der Waals surface area contributed by atoms with Gasteiger partial charge in [0.2, 0.25) is 0 Å². The third-order valence-corrected chi connectivity index (χ3v) is 6.65. The average Bonchev–Trinajstić information content (AvgIpc) is 3.30. The van der Waals surface area contributed by atoms with Gasteiger partial charge in [-0.15, -0.1) is 6.58 Å². The molecule has 0 amide bonds. The van der Waals surface area contributed by atoms with E-state index >= 15 is 4.39 Å². The molecule has 2 heterocycles. The van der Waals surface area contributed by atoms with Crippen LogP contribution in [0.3, 0.4) is 0 Å². The standard InChI is InChI=1S/C26H28ClF4N3O3/c1-4-5-11-25(36,12-15-9-10-15)20-21(19-17(27)7-6-8-18(19)28)33-37-22(20)16-13-32-34(14-24(2,3)35)23(16)26(29,30)31/h4,6-8,13,15,35-36H,1,5,9-12,14H2,2-3H3. The van der Waals surface area contributed by atoms with Crippen molar-refractivity contribution in [2.75, 3.05) is 0 Å². The lowest BCUT2D eigenvalue weighted by Gasteiger charge is -2.29. The zero-order valence-electron chi connectivity index (χ0n) is 20.4. The van der Waals surface area contributed by atoms with Crippen LogP contribution in [0.15, 0.2) is 41.6 Å². The minimum absolute atomic E-state index is 0.0348. The molecular formula is C26H28ClF4N3O3. The number of hydrogen-bond donors (Lipinski definition) is 2. The highest BCUT2D eigenvalue weighted by Gasteiger charge is 2.46. The number of aliphatic hydroxyl groups is 2. The highest BCUT2D eigenvalue weighted by molar-refractivity contribution is 6.33. The van der Waals surface area contributed by atoms with E-state index in [0.29, 0.717) is 11.1 Å². The molecule has 0 radical (unpaired) electrons. The maximum atomic E-state index is 15.0. The summed E-state index contributed by atoms with van der Waals surface area (Å²) in [5.41, 5.74) is -5.32. The summed E-state index contributed by atoms with van der Waals surface area (Å²) < 4.78 is 64.2. The summed E-state index contributed by atoms with van der Waals surface area (Å²) in [6.45, 7) is 5.95. The molecule has 0 saturated heterocycles. The van der Waals surface area contributed by atoms with Gasteiger partial charge >= 0.3 is 6.18 Å². The summed E-state index contributed by atoms with van der Waals surface area (Å²) in [6.07, 6.45) is -0.00429. The van der Waals surface area contributed by atoms with Crippen LogP contribution in [0.2, 0.25) is 5.02 Å². The molecule has 2 N–H and O–H groups in total. The van der Waals surface area contributed by atoms with E-state index in [4.69, 9.17) is 16.1 Å². The second-order valence-electron chi connectivity index (χ2n) is 10.2. The van der Waals surface area contributed by atoms with Crippen LogP contribution in [-0.4, -0.2) is 30.8 Å². The Balaban J connectivity index is 2.02. The first-order valence-corrected chi connectivity index (χ1v) is 12.3. The highest BCUT2D eigenvalue weighted by atomic mass is 35.5. The fraction of sp³-hybridized carbons (Fsp3) is 0.462. The first-order valence-electron chi connectivity index (χ1n) is 11.9. The second-order valence-corrected chi connectivity index (χ2v) is 10.6. The Labute approximate surface area is 216 Å². The first-order chi connectivity index (χ1) is 17.2. The zero-order chi connectivity index (χ0) is 27.2. The van der Waals surface area contributed by atoms with Gasteiger partial charge in [-0.2, -0.15) is 18.3 Å². The lowest BCUT2D eigenvalue weighted by molar-refractivity contribution is -0.144. The molecule has 0 spiro atoms. The molecule has 1 unspecified atom stereocenters. The van der Waals surface area contributed by atoms with Gasteiger partial charge in [0.25, 0.3) is 0 Å². The third kappa shape index (κ3) is 5.76. The van der Waals surface area contributed by atoms with Crippen LogP contribution < -0.4 is 0 Å². The molecular weight excluding hydrogens is 514 g/mol. The fourth-order valence-corrected chi connectivity index (χ4v) is 4.86. The van der Waals surface area contributed by atoms with Crippen molar-refractivity contribution in [2.24, 2.45) is 5.92 Å². The van der Waals surface area contributed by atoms with Gasteiger partial charge in [0.1, 0.15) is 11.5 Å². The molecule has 1 aliphatic carbocycles.